The predicted octanol–water partition coefficient (Wildman–Crippen LogP) is 3.09. The van der Waals surface area contributed by atoms with Gasteiger partial charge in [-0.2, -0.15) is 0 Å². The van der Waals surface area contributed by atoms with Crippen molar-refractivity contribution < 1.29 is 4.79 Å². The molecule has 0 spiro atoms. The Labute approximate surface area is 133 Å². The number of carbonyl (C=O) groups is 1. The Bertz CT molecular complexity index is 584. The maximum atomic E-state index is 12.8. The van der Waals surface area contributed by atoms with Gasteiger partial charge in [-0.1, -0.05) is 27.7 Å². The van der Waals surface area contributed by atoms with E-state index in [0.29, 0.717) is 0 Å². The number of hydrogen-bond acceptors (Lipinski definition) is 2. The summed E-state index contributed by atoms with van der Waals surface area (Å²) in [5, 5.41) is 0. The Hall–Kier alpha value is -1.89. The topological polar surface area (TPSA) is 49.0 Å². The predicted molar refractivity (Wildman–Crippen MR) is 92.1 cm³/mol. The molecule has 0 aliphatic heterocycles. The lowest BCUT2D eigenvalue weighted by molar-refractivity contribution is -0.129. The van der Waals surface area contributed by atoms with E-state index < -0.39 is 0 Å². The Morgan fingerprint density at radius 2 is 2.05 bits per heavy atom. The van der Waals surface area contributed by atoms with Gasteiger partial charge in [0.05, 0.1) is 17.8 Å². The second kappa shape index (κ2) is 6.91. The molecule has 0 radical (unpaired) electrons. The summed E-state index contributed by atoms with van der Waals surface area (Å²) in [4.78, 5) is 16.9. The van der Waals surface area contributed by atoms with Crippen molar-refractivity contribution >= 4 is 17.9 Å². The van der Waals surface area contributed by atoms with Crippen LogP contribution in [-0.4, -0.2) is 27.4 Å². The van der Waals surface area contributed by atoms with Crippen LogP contribution in [0.25, 0.3) is 0 Å². The van der Waals surface area contributed by atoms with E-state index in [-0.39, 0.29) is 28.6 Å². The fraction of sp³-hybridized carbons (Fsp3) is 0.611. The minimum atomic E-state index is -0.240. The average molecular weight is 302 g/mol. The molecular formula is C18H28N3O+. The van der Waals surface area contributed by atoms with Crippen LogP contribution in [0.2, 0.25) is 0 Å². The molecule has 0 aromatic carbocycles. The molecule has 120 valence electrons. The van der Waals surface area contributed by atoms with Gasteiger partial charge in [0.25, 0.3) is 6.21 Å². The van der Waals surface area contributed by atoms with Crippen molar-refractivity contribution in [2.24, 2.45) is 16.7 Å². The van der Waals surface area contributed by atoms with Crippen LogP contribution in [0.5, 0.6) is 0 Å². The zero-order valence-electron chi connectivity index (χ0n) is 14.6. The van der Waals surface area contributed by atoms with Crippen molar-refractivity contribution in [3.05, 3.63) is 25.3 Å². The zero-order chi connectivity index (χ0) is 17.0. The molecule has 1 heterocycles. The molecule has 0 amide bonds. The summed E-state index contributed by atoms with van der Waals surface area (Å²) in [6, 6.07) is -0.240. The van der Waals surface area contributed by atoms with Crippen molar-refractivity contribution in [3.8, 4) is 0 Å². The molecule has 1 rings (SSSR count). The Morgan fingerprint density at radius 1 is 1.41 bits per heavy atom. The van der Waals surface area contributed by atoms with Crippen molar-refractivity contribution in [2.75, 3.05) is 0 Å². The van der Waals surface area contributed by atoms with Crippen LogP contribution in [0.4, 0.5) is 0 Å². The number of rotatable bonds is 7. The number of imidazole rings is 1. The molecule has 1 atom stereocenters. The molecule has 0 bridgehead atoms. The van der Waals surface area contributed by atoms with Gasteiger partial charge in [-0.15, -0.1) is 0 Å². The third-order valence-electron chi connectivity index (χ3n) is 3.82. The summed E-state index contributed by atoms with van der Waals surface area (Å²) >= 11 is 0. The number of ketones is 1. The van der Waals surface area contributed by atoms with Gasteiger partial charge < -0.3 is 4.57 Å². The van der Waals surface area contributed by atoms with Crippen LogP contribution >= 0.6 is 0 Å². The molecule has 4 nitrogen and oxygen atoms in total. The van der Waals surface area contributed by atoms with Crippen LogP contribution in [0.3, 0.4) is 0 Å². The standard InChI is InChI=1S/C18H28N3O/c1-8-19-12-17(4,5)11-18(6,7)16(15(22)14(2)3)21-10-9-20-13-21/h9-10,12-14,16H,1,11H2,2-7H3/q+1. The Balaban J connectivity index is 3.20. The van der Waals surface area contributed by atoms with E-state index in [9.17, 15) is 4.79 Å². The fourth-order valence-corrected chi connectivity index (χ4v) is 3.21. The molecule has 0 saturated heterocycles. The highest BCUT2D eigenvalue weighted by atomic mass is 16.1. The molecular weight excluding hydrogens is 274 g/mol. The number of aromatic nitrogens is 2. The summed E-state index contributed by atoms with van der Waals surface area (Å²) in [6.45, 7) is 15.9. The Morgan fingerprint density at radius 3 is 2.50 bits per heavy atom. The fourth-order valence-electron chi connectivity index (χ4n) is 3.21. The molecule has 0 fully saturated rings. The van der Waals surface area contributed by atoms with Crippen molar-refractivity contribution in [1.29, 1.82) is 0 Å². The third kappa shape index (κ3) is 4.56. The zero-order valence-corrected chi connectivity index (χ0v) is 14.6. The smallest absolute Gasteiger partial charge is 0.303 e. The lowest BCUT2D eigenvalue weighted by atomic mass is 9.69. The van der Waals surface area contributed by atoms with Gasteiger partial charge in [-0.05, 0) is 30.4 Å². The van der Waals surface area contributed by atoms with Crippen LogP contribution in [0.1, 0.15) is 54.0 Å². The van der Waals surface area contributed by atoms with Crippen molar-refractivity contribution in [2.45, 2.75) is 54.0 Å². The highest BCUT2D eigenvalue weighted by molar-refractivity contribution is 5.85. The van der Waals surface area contributed by atoms with Gasteiger partial charge in [0.2, 0.25) is 0 Å². The molecule has 0 aliphatic rings. The minimum absolute atomic E-state index is 0.0232. The lowest BCUT2D eigenvalue weighted by Crippen LogP contribution is -2.39. The van der Waals surface area contributed by atoms with E-state index in [0.717, 1.165) is 6.42 Å². The van der Waals surface area contributed by atoms with Gasteiger partial charge in [-0.25, -0.2) is 4.98 Å². The molecule has 0 saturated carbocycles. The van der Waals surface area contributed by atoms with E-state index >= 15 is 0 Å². The summed E-state index contributed by atoms with van der Waals surface area (Å²) in [7, 11) is 0. The van der Waals surface area contributed by atoms with E-state index in [1.807, 2.05) is 30.8 Å². The van der Waals surface area contributed by atoms with Gasteiger partial charge in [-0.3, -0.25) is 4.79 Å². The Kier molecular flexibility index (Phi) is 5.71. The highest BCUT2D eigenvalue weighted by Crippen LogP contribution is 2.42. The van der Waals surface area contributed by atoms with E-state index in [4.69, 9.17) is 0 Å². The van der Waals surface area contributed by atoms with Gasteiger partial charge in [0, 0.05) is 24.9 Å². The van der Waals surface area contributed by atoms with Crippen LogP contribution in [-0.2, 0) is 4.79 Å². The molecule has 4 heteroatoms. The number of carbonyl (C=O) groups excluding carboxylic acids is 1. The first-order chi connectivity index (χ1) is 10.1. The average Bonchev–Trinajstić information content (AvgIpc) is 2.88. The number of hydrogen-bond donors (Lipinski definition) is 0. The van der Waals surface area contributed by atoms with Crippen LogP contribution < -0.4 is 4.67 Å². The summed E-state index contributed by atoms with van der Waals surface area (Å²) in [6.07, 6.45) is 7.98. The van der Waals surface area contributed by atoms with Crippen LogP contribution in [0, 0.1) is 16.7 Å². The first-order valence-corrected chi connectivity index (χ1v) is 7.68. The van der Waals surface area contributed by atoms with Gasteiger partial charge in [0.1, 0.15) is 0 Å². The van der Waals surface area contributed by atoms with Crippen molar-refractivity contribution in [1.82, 2.24) is 14.2 Å². The maximum Gasteiger partial charge on any atom is 0.303 e. The lowest BCUT2D eigenvalue weighted by Gasteiger charge is -2.38. The van der Waals surface area contributed by atoms with Gasteiger partial charge in [0.15, 0.2) is 5.78 Å². The van der Waals surface area contributed by atoms with Crippen LogP contribution in [0.15, 0.2) is 25.3 Å². The largest absolute Gasteiger partial charge is 0.326 e. The van der Waals surface area contributed by atoms with E-state index in [2.05, 4.69) is 49.8 Å². The highest BCUT2D eigenvalue weighted by Gasteiger charge is 2.41. The maximum absolute atomic E-state index is 12.8. The summed E-state index contributed by atoms with van der Waals surface area (Å²) < 4.78 is 5.97. The molecule has 0 aliphatic carbocycles. The van der Waals surface area contributed by atoms with E-state index in [1.165, 1.54) is 0 Å². The number of Topliss-reactive ketones (excluding diaryl/α,β-unsaturated/α-hetero) is 1. The monoisotopic (exact) mass is 302 g/mol. The number of nitrogens with zero attached hydrogens (tertiary/aromatic N) is 3. The molecule has 22 heavy (non-hydrogen) atoms. The van der Waals surface area contributed by atoms with E-state index in [1.54, 1.807) is 12.5 Å². The second-order valence-electron chi connectivity index (χ2n) is 7.54. The quantitative estimate of drug-likeness (QED) is 0.574. The molecule has 1 aromatic heterocycles. The third-order valence-corrected chi connectivity index (χ3v) is 3.82. The SMILES string of the molecule is C=C=[N+]=CC(C)(C)CC(C)(C)C(C(=O)C(C)C)n1ccnc1. The van der Waals surface area contributed by atoms with Gasteiger partial charge >= 0.3 is 5.87 Å². The first-order valence-electron chi connectivity index (χ1n) is 7.68. The normalized spacial score (nSPS) is 13.4. The molecule has 1 aromatic rings. The molecule has 1 unspecified atom stereocenters. The summed E-state index contributed by atoms with van der Waals surface area (Å²) in [5.74, 6) is 2.75. The first kappa shape index (κ1) is 18.2. The minimum Gasteiger partial charge on any atom is -0.326 e. The second-order valence-corrected chi connectivity index (χ2v) is 7.54. The van der Waals surface area contributed by atoms with Crippen molar-refractivity contribution in [3.63, 3.8) is 0 Å². The molecule has 0 N–H and O–H groups in total. The summed E-state index contributed by atoms with van der Waals surface area (Å²) in [5.41, 5.74) is -0.386.